The summed E-state index contributed by atoms with van der Waals surface area (Å²) in [5.41, 5.74) is 2.63. The van der Waals surface area contributed by atoms with Gasteiger partial charge in [-0.15, -0.1) is 0 Å². The van der Waals surface area contributed by atoms with Crippen molar-refractivity contribution >= 4 is 34.8 Å². The Hall–Kier alpha value is -2.98. The molecular weight excluding hydrogens is 372 g/mol. The second-order valence-corrected chi connectivity index (χ2v) is 7.14. The van der Waals surface area contributed by atoms with Crippen LogP contribution >= 0.6 is 11.6 Å². The molecule has 2 heterocycles. The summed E-state index contributed by atoms with van der Waals surface area (Å²) in [6.07, 6.45) is 3.43. The molecule has 2 aromatic carbocycles. The normalized spacial score (nSPS) is 15.0. The van der Waals surface area contributed by atoms with Crippen LogP contribution in [0, 0.1) is 0 Å². The van der Waals surface area contributed by atoms with Crippen molar-refractivity contribution in [3.8, 4) is 0 Å². The number of benzene rings is 2. The molecule has 4 rings (SSSR count). The predicted octanol–water partition coefficient (Wildman–Crippen LogP) is 4.82. The van der Waals surface area contributed by atoms with Crippen LogP contribution in [-0.2, 0) is 4.79 Å². The highest BCUT2D eigenvalue weighted by atomic mass is 35.5. The second kappa shape index (κ2) is 8.36. The number of hydrogen-bond donors (Lipinski definition) is 0. The lowest BCUT2D eigenvalue weighted by Gasteiger charge is -2.36. The molecule has 0 bridgehead atoms. The lowest BCUT2D eigenvalue weighted by Crippen LogP contribution is -2.49. The fraction of sp³-hybridized carbons (Fsp3) is 0.174. The monoisotopic (exact) mass is 392 g/mol. The Morgan fingerprint density at radius 3 is 2.39 bits per heavy atom. The van der Waals surface area contributed by atoms with Gasteiger partial charge in [-0.3, -0.25) is 4.79 Å². The Morgan fingerprint density at radius 2 is 1.71 bits per heavy atom. The molecule has 1 aliphatic rings. The summed E-state index contributed by atoms with van der Waals surface area (Å²) in [5, 5.41) is 0.726. The van der Waals surface area contributed by atoms with Gasteiger partial charge in [-0.1, -0.05) is 48.0 Å². The van der Waals surface area contributed by atoms with Gasteiger partial charge < -0.3 is 14.2 Å². The van der Waals surface area contributed by atoms with Gasteiger partial charge in [0.15, 0.2) is 0 Å². The minimum absolute atomic E-state index is 0.0216. The van der Waals surface area contributed by atoms with Crippen molar-refractivity contribution in [1.29, 1.82) is 0 Å². The first kappa shape index (κ1) is 18.4. The third kappa shape index (κ3) is 4.12. The van der Waals surface area contributed by atoms with E-state index >= 15 is 0 Å². The highest BCUT2D eigenvalue weighted by Crippen LogP contribution is 2.24. The van der Waals surface area contributed by atoms with Crippen LogP contribution in [0.5, 0.6) is 0 Å². The SMILES string of the molecule is O=C(/C(=C/c1ccco1)c1ccccc1)N1CCN(c2cccc(Cl)c2)CC1. The van der Waals surface area contributed by atoms with Crippen molar-refractivity contribution in [2.45, 2.75) is 0 Å². The molecule has 142 valence electrons. The van der Waals surface area contributed by atoms with E-state index in [4.69, 9.17) is 16.0 Å². The zero-order valence-corrected chi connectivity index (χ0v) is 16.2. The van der Waals surface area contributed by atoms with E-state index in [-0.39, 0.29) is 5.91 Å². The number of carbonyl (C=O) groups is 1. The molecule has 0 aliphatic carbocycles. The minimum atomic E-state index is 0.0216. The highest BCUT2D eigenvalue weighted by molar-refractivity contribution is 6.30. The topological polar surface area (TPSA) is 36.7 Å². The summed E-state index contributed by atoms with van der Waals surface area (Å²) in [6, 6.07) is 21.2. The van der Waals surface area contributed by atoms with Crippen molar-refractivity contribution in [3.63, 3.8) is 0 Å². The smallest absolute Gasteiger partial charge is 0.254 e. The van der Waals surface area contributed by atoms with Crippen LogP contribution in [0.3, 0.4) is 0 Å². The molecule has 0 spiro atoms. The standard InChI is InChI=1S/C23H21ClN2O2/c24-19-8-4-9-20(16-19)25-11-13-26(14-12-25)23(27)22(17-21-10-5-15-28-21)18-6-2-1-3-7-18/h1-10,15-17H,11-14H2/b22-17+. The number of piperazine rings is 1. The maximum atomic E-state index is 13.3. The number of carbonyl (C=O) groups excluding carboxylic acids is 1. The number of nitrogens with zero attached hydrogens (tertiary/aromatic N) is 2. The van der Waals surface area contributed by atoms with E-state index in [0.29, 0.717) is 24.4 Å². The Morgan fingerprint density at radius 1 is 0.929 bits per heavy atom. The Kier molecular flexibility index (Phi) is 5.49. The maximum Gasteiger partial charge on any atom is 0.254 e. The number of halogens is 1. The first-order chi connectivity index (χ1) is 13.7. The van der Waals surface area contributed by atoms with Gasteiger partial charge in [-0.25, -0.2) is 0 Å². The molecule has 3 aromatic rings. The summed E-state index contributed by atoms with van der Waals surface area (Å²) in [6.45, 7) is 2.87. The van der Waals surface area contributed by atoms with E-state index in [0.717, 1.165) is 29.4 Å². The van der Waals surface area contributed by atoms with Gasteiger partial charge >= 0.3 is 0 Å². The maximum absolute atomic E-state index is 13.3. The van der Waals surface area contributed by atoms with E-state index in [1.807, 2.05) is 71.6 Å². The molecule has 0 unspecified atom stereocenters. The van der Waals surface area contributed by atoms with E-state index in [2.05, 4.69) is 11.0 Å². The fourth-order valence-electron chi connectivity index (χ4n) is 3.41. The van der Waals surface area contributed by atoms with Gasteiger partial charge in [0.25, 0.3) is 5.91 Å². The molecule has 5 heteroatoms. The molecule has 0 N–H and O–H groups in total. The quantitative estimate of drug-likeness (QED) is 0.597. The van der Waals surface area contributed by atoms with Gasteiger partial charge in [0.2, 0.25) is 0 Å². The minimum Gasteiger partial charge on any atom is -0.465 e. The predicted molar refractivity (Wildman–Crippen MR) is 113 cm³/mol. The third-order valence-corrected chi connectivity index (χ3v) is 5.12. The van der Waals surface area contributed by atoms with E-state index in [1.165, 1.54) is 0 Å². The van der Waals surface area contributed by atoms with Crippen LogP contribution in [0.4, 0.5) is 5.69 Å². The number of furan rings is 1. The molecule has 0 saturated carbocycles. The second-order valence-electron chi connectivity index (χ2n) is 6.70. The van der Waals surface area contributed by atoms with Crippen LogP contribution in [0.1, 0.15) is 11.3 Å². The zero-order valence-electron chi connectivity index (χ0n) is 15.4. The summed E-state index contributed by atoms with van der Waals surface area (Å²) >= 11 is 6.11. The lowest BCUT2D eigenvalue weighted by atomic mass is 10.0. The van der Waals surface area contributed by atoms with Gasteiger partial charge in [0.1, 0.15) is 5.76 Å². The van der Waals surface area contributed by atoms with Gasteiger partial charge in [-0.05, 0) is 42.0 Å². The molecule has 1 fully saturated rings. The van der Waals surface area contributed by atoms with Crippen molar-refractivity contribution < 1.29 is 9.21 Å². The highest BCUT2D eigenvalue weighted by Gasteiger charge is 2.25. The molecule has 28 heavy (non-hydrogen) atoms. The molecular formula is C23H21ClN2O2. The van der Waals surface area contributed by atoms with Crippen molar-refractivity contribution in [2.75, 3.05) is 31.1 Å². The van der Waals surface area contributed by atoms with Gasteiger partial charge in [-0.2, -0.15) is 0 Å². The van der Waals surface area contributed by atoms with Crippen molar-refractivity contribution in [3.05, 3.63) is 89.3 Å². The molecule has 0 radical (unpaired) electrons. The van der Waals surface area contributed by atoms with Gasteiger partial charge in [0.05, 0.1) is 11.8 Å². The van der Waals surface area contributed by atoms with Crippen molar-refractivity contribution in [1.82, 2.24) is 4.90 Å². The summed E-state index contributed by atoms with van der Waals surface area (Å²) in [4.78, 5) is 17.5. The molecule has 1 saturated heterocycles. The molecule has 0 atom stereocenters. The summed E-state index contributed by atoms with van der Waals surface area (Å²) in [5.74, 6) is 0.693. The lowest BCUT2D eigenvalue weighted by molar-refractivity contribution is -0.125. The largest absolute Gasteiger partial charge is 0.465 e. The molecule has 1 amide bonds. The van der Waals surface area contributed by atoms with Crippen LogP contribution in [0.15, 0.2) is 77.4 Å². The zero-order chi connectivity index (χ0) is 19.3. The first-order valence-corrected chi connectivity index (χ1v) is 9.69. The number of amides is 1. The average Bonchev–Trinajstić information content (AvgIpc) is 3.26. The van der Waals surface area contributed by atoms with Crippen molar-refractivity contribution in [2.24, 2.45) is 0 Å². The first-order valence-electron chi connectivity index (χ1n) is 9.31. The van der Waals surface area contributed by atoms with Crippen LogP contribution in [0.25, 0.3) is 11.6 Å². The van der Waals surface area contributed by atoms with E-state index in [1.54, 1.807) is 6.26 Å². The summed E-state index contributed by atoms with van der Waals surface area (Å²) in [7, 11) is 0. The van der Waals surface area contributed by atoms with E-state index < -0.39 is 0 Å². The fourth-order valence-corrected chi connectivity index (χ4v) is 3.60. The number of hydrogen-bond acceptors (Lipinski definition) is 3. The Labute approximate surface area is 169 Å². The Balaban J connectivity index is 1.52. The molecule has 1 aliphatic heterocycles. The van der Waals surface area contributed by atoms with Crippen LogP contribution in [0.2, 0.25) is 5.02 Å². The van der Waals surface area contributed by atoms with Gasteiger partial charge in [0, 0.05) is 36.9 Å². The number of rotatable bonds is 4. The third-order valence-electron chi connectivity index (χ3n) is 4.89. The number of anilines is 1. The average molecular weight is 393 g/mol. The Bertz CT molecular complexity index is 959. The van der Waals surface area contributed by atoms with Crippen LogP contribution in [-0.4, -0.2) is 37.0 Å². The van der Waals surface area contributed by atoms with Crippen LogP contribution < -0.4 is 4.90 Å². The summed E-state index contributed by atoms with van der Waals surface area (Å²) < 4.78 is 5.44. The molecule has 1 aromatic heterocycles. The molecule has 4 nitrogen and oxygen atoms in total. The van der Waals surface area contributed by atoms with E-state index in [9.17, 15) is 4.79 Å².